The largest absolute Gasteiger partial charge is 0.293 e. The van der Waals surface area contributed by atoms with Gasteiger partial charge in [-0.3, -0.25) is 4.79 Å². The molecule has 0 amide bonds. The third-order valence-electron chi connectivity index (χ3n) is 3.83. The molecule has 16 heavy (non-hydrogen) atoms. The molecule has 1 saturated carbocycles. The molecule has 0 saturated heterocycles. The Bertz CT molecular complexity index is 389. The number of carbonyl (C=O) groups is 1. The Hall–Kier alpha value is -0.630. The van der Waals surface area contributed by atoms with E-state index in [0.717, 1.165) is 17.7 Å². The Balaban J connectivity index is 2.19. The number of ketones is 1. The quantitative estimate of drug-likeness (QED) is 0.714. The van der Waals surface area contributed by atoms with Crippen LogP contribution in [0.4, 0.5) is 0 Å². The molecular formula is C14H20OS. The molecule has 1 heterocycles. The SMILES string of the molecule is CCc1ccc(C(=O)C2CCCC2(C)C)s1. The molecule has 1 aromatic heterocycles. The second-order valence-corrected chi connectivity index (χ2v) is 6.59. The highest BCUT2D eigenvalue weighted by Crippen LogP contribution is 2.44. The highest BCUT2D eigenvalue weighted by atomic mass is 32.1. The Kier molecular flexibility index (Phi) is 3.20. The van der Waals surface area contributed by atoms with Crippen molar-refractivity contribution in [1.82, 2.24) is 0 Å². The molecule has 0 radical (unpaired) electrons. The van der Waals surface area contributed by atoms with E-state index in [9.17, 15) is 4.79 Å². The van der Waals surface area contributed by atoms with Crippen LogP contribution in [0, 0.1) is 11.3 Å². The smallest absolute Gasteiger partial charge is 0.176 e. The van der Waals surface area contributed by atoms with E-state index >= 15 is 0 Å². The van der Waals surface area contributed by atoms with E-state index in [1.807, 2.05) is 6.07 Å². The van der Waals surface area contributed by atoms with Gasteiger partial charge in [0.1, 0.15) is 0 Å². The lowest BCUT2D eigenvalue weighted by Crippen LogP contribution is -2.25. The van der Waals surface area contributed by atoms with E-state index in [1.54, 1.807) is 11.3 Å². The lowest BCUT2D eigenvalue weighted by Gasteiger charge is -2.25. The van der Waals surface area contributed by atoms with E-state index in [-0.39, 0.29) is 11.3 Å². The summed E-state index contributed by atoms with van der Waals surface area (Å²) < 4.78 is 0. The molecule has 1 aromatic rings. The summed E-state index contributed by atoms with van der Waals surface area (Å²) in [7, 11) is 0. The van der Waals surface area contributed by atoms with Crippen LogP contribution in [-0.2, 0) is 6.42 Å². The van der Waals surface area contributed by atoms with Crippen LogP contribution in [0.3, 0.4) is 0 Å². The number of hydrogen-bond donors (Lipinski definition) is 0. The molecule has 2 rings (SSSR count). The molecular weight excluding hydrogens is 216 g/mol. The molecule has 0 spiro atoms. The second kappa shape index (κ2) is 4.33. The van der Waals surface area contributed by atoms with E-state index < -0.39 is 0 Å². The van der Waals surface area contributed by atoms with Gasteiger partial charge in [-0.2, -0.15) is 0 Å². The Morgan fingerprint density at radius 2 is 2.25 bits per heavy atom. The topological polar surface area (TPSA) is 17.1 Å². The molecule has 1 atom stereocenters. The average Bonchev–Trinajstić information content (AvgIpc) is 2.82. The fraction of sp³-hybridized carbons (Fsp3) is 0.643. The van der Waals surface area contributed by atoms with Gasteiger partial charge >= 0.3 is 0 Å². The first-order valence-corrected chi connectivity index (χ1v) is 6.99. The molecule has 1 unspecified atom stereocenters. The van der Waals surface area contributed by atoms with Gasteiger partial charge in [-0.05, 0) is 36.8 Å². The van der Waals surface area contributed by atoms with Crippen LogP contribution in [0.15, 0.2) is 12.1 Å². The molecule has 1 aliphatic rings. The summed E-state index contributed by atoms with van der Waals surface area (Å²) in [6.45, 7) is 6.60. The maximum atomic E-state index is 12.4. The minimum Gasteiger partial charge on any atom is -0.293 e. The van der Waals surface area contributed by atoms with E-state index in [0.29, 0.717) is 5.78 Å². The number of carbonyl (C=O) groups excluding carboxylic acids is 1. The normalized spacial score (nSPS) is 23.6. The van der Waals surface area contributed by atoms with Gasteiger partial charge in [-0.25, -0.2) is 0 Å². The van der Waals surface area contributed by atoms with Crippen LogP contribution in [0.5, 0.6) is 0 Å². The molecule has 0 bridgehead atoms. The van der Waals surface area contributed by atoms with Crippen LogP contribution in [0.2, 0.25) is 0 Å². The average molecular weight is 236 g/mol. The summed E-state index contributed by atoms with van der Waals surface area (Å²) in [6, 6.07) is 4.11. The molecule has 0 aliphatic heterocycles. The predicted octanol–water partition coefficient (Wildman–Crippen LogP) is 4.32. The van der Waals surface area contributed by atoms with Crippen molar-refractivity contribution in [3.63, 3.8) is 0 Å². The van der Waals surface area contributed by atoms with Gasteiger partial charge in [0.2, 0.25) is 0 Å². The zero-order chi connectivity index (χ0) is 11.8. The number of rotatable bonds is 3. The van der Waals surface area contributed by atoms with Gasteiger partial charge in [0.05, 0.1) is 4.88 Å². The van der Waals surface area contributed by atoms with Crippen LogP contribution in [-0.4, -0.2) is 5.78 Å². The Labute approximate surface area is 102 Å². The zero-order valence-corrected chi connectivity index (χ0v) is 11.2. The zero-order valence-electron chi connectivity index (χ0n) is 10.4. The van der Waals surface area contributed by atoms with Gasteiger partial charge in [0, 0.05) is 10.8 Å². The first-order valence-electron chi connectivity index (χ1n) is 6.17. The number of aryl methyl sites for hydroxylation is 1. The summed E-state index contributed by atoms with van der Waals surface area (Å²) in [5.74, 6) is 0.628. The van der Waals surface area contributed by atoms with Crippen molar-refractivity contribution in [2.75, 3.05) is 0 Å². The Morgan fingerprint density at radius 1 is 1.50 bits per heavy atom. The number of thiophene rings is 1. The summed E-state index contributed by atoms with van der Waals surface area (Å²) >= 11 is 1.68. The van der Waals surface area contributed by atoms with Gasteiger partial charge < -0.3 is 0 Å². The molecule has 1 fully saturated rings. The monoisotopic (exact) mass is 236 g/mol. The van der Waals surface area contributed by atoms with Crippen molar-refractivity contribution < 1.29 is 4.79 Å². The van der Waals surface area contributed by atoms with Crippen molar-refractivity contribution >= 4 is 17.1 Å². The van der Waals surface area contributed by atoms with Crippen LogP contribution >= 0.6 is 11.3 Å². The third-order valence-corrected chi connectivity index (χ3v) is 5.07. The lowest BCUT2D eigenvalue weighted by atomic mass is 9.79. The van der Waals surface area contributed by atoms with Crippen LogP contribution < -0.4 is 0 Å². The Morgan fingerprint density at radius 3 is 2.75 bits per heavy atom. The maximum absolute atomic E-state index is 12.4. The van der Waals surface area contributed by atoms with Gasteiger partial charge in [0.25, 0.3) is 0 Å². The minimum absolute atomic E-state index is 0.202. The third kappa shape index (κ3) is 2.08. The molecule has 0 N–H and O–H groups in total. The molecule has 2 heteroatoms. The number of Topliss-reactive ketones (excluding diaryl/α,β-unsaturated/α-hetero) is 1. The predicted molar refractivity (Wildman–Crippen MR) is 69.1 cm³/mol. The molecule has 1 nitrogen and oxygen atoms in total. The van der Waals surface area contributed by atoms with Crippen molar-refractivity contribution in [2.45, 2.75) is 46.5 Å². The molecule has 88 valence electrons. The minimum atomic E-state index is 0.202. The summed E-state index contributed by atoms with van der Waals surface area (Å²) in [4.78, 5) is 14.7. The number of hydrogen-bond acceptors (Lipinski definition) is 2. The van der Waals surface area contributed by atoms with Crippen molar-refractivity contribution in [3.05, 3.63) is 21.9 Å². The highest BCUT2D eigenvalue weighted by Gasteiger charge is 2.39. The lowest BCUT2D eigenvalue weighted by molar-refractivity contribution is 0.0843. The van der Waals surface area contributed by atoms with E-state index in [1.165, 1.54) is 17.7 Å². The first kappa shape index (κ1) is 11.8. The van der Waals surface area contributed by atoms with Gasteiger partial charge in [0.15, 0.2) is 5.78 Å². The van der Waals surface area contributed by atoms with Crippen LogP contribution in [0.25, 0.3) is 0 Å². The fourth-order valence-corrected chi connectivity index (χ4v) is 3.63. The van der Waals surface area contributed by atoms with Gasteiger partial charge in [-0.15, -0.1) is 11.3 Å². The summed E-state index contributed by atoms with van der Waals surface area (Å²) in [6.07, 6.45) is 4.50. The van der Waals surface area contributed by atoms with E-state index in [4.69, 9.17) is 0 Å². The summed E-state index contributed by atoms with van der Waals surface area (Å²) in [5.41, 5.74) is 0.202. The highest BCUT2D eigenvalue weighted by molar-refractivity contribution is 7.14. The molecule has 0 aromatic carbocycles. The maximum Gasteiger partial charge on any atom is 0.176 e. The standard InChI is InChI=1S/C14H20OS/c1-4-10-7-8-12(16-10)13(15)11-6-5-9-14(11,2)3/h7-8,11H,4-6,9H2,1-3H3. The van der Waals surface area contributed by atoms with E-state index in [2.05, 4.69) is 26.8 Å². The fourth-order valence-electron chi connectivity index (χ4n) is 2.68. The molecule has 1 aliphatic carbocycles. The first-order chi connectivity index (χ1) is 7.54. The van der Waals surface area contributed by atoms with Crippen molar-refractivity contribution in [2.24, 2.45) is 11.3 Å². The second-order valence-electron chi connectivity index (χ2n) is 5.42. The van der Waals surface area contributed by atoms with Crippen molar-refractivity contribution in [1.29, 1.82) is 0 Å². The van der Waals surface area contributed by atoms with Crippen LogP contribution in [0.1, 0.15) is 54.6 Å². The van der Waals surface area contributed by atoms with Crippen molar-refractivity contribution in [3.8, 4) is 0 Å². The van der Waals surface area contributed by atoms with Gasteiger partial charge in [-0.1, -0.05) is 27.2 Å². The summed E-state index contributed by atoms with van der Waals surface area (Å²) in [5, 5.41) is 0.